The lowest BCUT2D eigenvalue weighted by molar-refractivity contribution is 0.156. The Labute approximate surface area is 126 Å². The van der Waals surface area contributed by atoms with E-state index in [0.717, 1.165) is 11.3 Å². The van der Waals surface area contributed by atoms with Crippen LogP contribution in [0.5, 0.6) is 0 Å². The second-order valence-electron chi connectivity index (χ2n) is 5.10. The molecule has 6 heteroatoms. The van der Waals surface area contributed by atoms with Gasteiger partial charge in [-0.25, -0.2) is 9.37 Å². The Kier molecular flexibility index (Phi) is 4.29. The normalized spacial score (nSPS) is 12.5. The van der Waals surface area contributed by atoms with Crippen LogP contribution in [0.2, 0.25) is 0 Å². The summed E-state index contributed by atoms with van der Waals surface area (Å²) in [6, 6.07) is 8.58. The zero-order chi connectivity index (χ0) is 15.4. The van der Waals surface area contributed by atoms with Gasteiger partial charge in [-0.05, 0) is 29.7 Å². The molecule has 0 bridgehead atoms. The second kappa shape index (κ2) is 6.53. The van der Waals surface area contributed by atoms with Gasteiger partial charge in [0.1, 0.15) is 24.0 Å². The highest BCUT2D eigenvalue weighted by Crippen LogP contribution is 2.19. The first-order chi connectivity index (χ1) is 10.7. The van der Waals surface area contributed by atoms with Crippen molar-refractivity contribution in [2.24, 2.45) is 0 Å². The van der Waals surface area contributed by atoms with Crippen LogP contribution in [0, 0.1) is 5.82 Å². The summed E-state index contributed by atoms with van der Waals surface area (Å²) >= 11 is 0. The first kappa shape index (κ1) is 14.5. The van der Waals surface area contributed by atoms with E-state index in [0.29, 0.717) is 30.7 Å². The fourth-order valence-electron chi connectivity index (χ4n) is 2.30. The van der Waals surface area contributed by atoms with Gasteiger partial charge in [-0.2, -0.15) is 5.10 Å². The van der Waals surface area contributed by atoms with Crippen molar-refractivity contribution in [1.29, 1.82) is 0 Å². The van der Waals surface area contributed by atoms with E-state index in [1.807, 2.05) is 12.1 Å². The molecule has 3 rings (SSSR count). The number of nitrogens with zero attached hydrogens (tertiary/aromatic N) is 2. The summed E-state index contributed by atoms with van der Waals surface area (Å²) in [5.41, 5.74) is 1.54. The van der Waals surface area contributed by atoms with Crippen LogP contribution in [0.25, 0.3) is 0 Å². The fourth-order valence-corrected chi connectivity index (χ4v) is 2.30. The molecule has 2 aromatic heterocycles. The van der Waals surface area contributed by atoms with Gasteiger partial charge in [-0.1, -0.05) is 18.2 Å². The van der Waals surface area contributed by atoms with E-state index in [2.05, 4.69) is 15.2 Å². The molecule has 0 aliphatic rings. The maximum absolute atomic E-state index is 13.6. The van der Waals surface area contributed by atoms with Gasteiger partial charge in [0.25, 0.3) is 0 Å². The number of hydrogen-bond donors (Lipinski definition) is 2. The van der Waals surface area contributed by atoms with Crippen molar-refractivity contribution in [1.82, 2.24) is 15.2 Å². The lowest BCUT2D eigenvalue weighted by Crippen LogP contribution is -2.01. The number of nitrogens with one attached hydrogen (secondary N) is 1. The molecule has 2 heterocycles. The lowest BCUT2D eigenvalue weighted by Gasteiger charge is -2.04. The molecule has 0 radical (unpaired) electrons. The standard InChI is InChI=1S/C16H16FN3O2/c17-14-4-2-1-3-12(14)7-11-8-13(22-9-11)5-6-15(21)16-18-10-19-20-16/h1-4,8-10,15,21H,5-7H2,(H,18,19,20). The Morgan fingerprint density at radius 1 is 1.32 bits per heavy atom. The van der Waals surface area contributed by atoms with Gasteiger partial charge in [0.05, 0.1) is 6.26 Å². The highest BCUT2D eigenvalue weighted by atomic mass is 19.1. The maximum atomic E-state index is 13.6. The van der Waals surface area contributed by atoms with Crippen molar-refractivity contribution in [3.63, 3.8) is 0 Å². The molecule has 22 heavy (non-hydrogen) atoms. The molecular weight excluding hydrogens is 285 g/mol. The first-order valence-electron chi connectivity index (χ1n) is 7.06. The number of H-pyrrole nitrogens is 1. The largest absolute Gasteiger partial charge is 0.469 e. The number of benzene rings is 1. The van der Waals surface area contributed by atoms with Crippen molar-refractivity contribution in [3.8, 4) is 0 Å². The van der Waals surface area contributed by atoms with E-state index in [-0.39, 0.29) is 5.82 Å². The molecule has 0 fully saturated rings. The molecule has 3 aromatic rings. The third kappa shape index (κ3) is 3.40. The topological polar surface area (TPSA) is 74.9 Å². The van der Waals surface area contributed by atoms with E-state index in [4.69, 9.17) is 4.42 Å². The van der Waals surface area contributed by atoms with Gasteiger partial charge < -0.3 is 9.52 Å². The van der Waals surface area contributed by atoms with Crippen molar-refractivity contribution < 1.29 is 13.9 Å². The number of aliphatic hydroxyl groups is 1. The van der Waals surface area contributed by atoms with Gasteiger partial charge in [-0.3, -0.25) is 5.10 Å². The SMILES string of the molecule is OC(CCc1cc(Cc2ccccc2F)co1)c1nc[nH]n1. The second-order valence-corrected chi connectivity index (χ2v) is 5.10. The number of halogens is 1. The van der Waals surface area contributed by atoms with Gasteiger partial charge in [0.2, 0.25) is 0 Å². The third-order valence-electron chi connectivity index (χ3n) is 3.46. The van der Waals surface area contributed by atoms with Crippen LogP contribution in [0.4, 0.5) is 4.39 Å². The minimum atomic E-state index is -0.730. The van der Waals surface area contributed by atoms with E-state index in [9.17, 15) is 9.50 Å². The number of furan rings is 1. The number of aliphatic hydroxyl groups excluding tert-OH is 1. The smallest absolute Gasteiger partial charge is 0.178 e. The van der Waals surface area contributed by atoms with Crippen molar-refractivity contribution in [2.45, 2.75) is 25.4 Å². The van der Waals surface area contributed by atoms with E-state index in [1.54, 1.807) is 18.4 Å². The Bertz CT molecular complexity index is 725. The van der Waals surface area contributed by atoms with Crippen LogP contribution >= 0.6 is 0 Å². The summed E-state index contributed by atoms with van der Waals surface area (Å²) < 4.78 is 19.1. The minimum absolute atomic E-state index is 0.217. The number of aromatic amines is 1. The van der Waals surface area contributed by atoms with E-state index in [1.165, 1.54) is 12.4 Å². The molecule has 0 saturated carbocycles. The predicted octanol–water partition coefficient (Wildman–Crippen LogP) is 2.79. The van der Waals surface area contributed by atoms with Crippen LogP contribution in [0.1, 0.15) is 35.2 Å². The van der Waals surface area contributed by atoms with E-state index >= 15 is 0 Å². The average Bonchev–Trinajstić information content (AvgIpc) is 3.19. The maximum Gasteiger partial charge on any atom is 0.178 e. The zero-order valence-electron chi connectivity index (χ0n) is 11.9. The third-order valence-corrected chi connectivity index (χ3v) is 3.46. The van der Waals surface area contributed by atoms with Gasteiger partial charge in [0, 0.05) is 12.8 Å². The molecule has 0 aliphatic carbocycles. The molecule has 1 unspecified atom stereocenters. The summed E-state index contributed by atoms with van der Waals surface area (Å²) in [5.74, 6) is 0.907. The quantitative estimate of drug-likeness (QED) is 0.734. The Balaban J connectivity index is 1.58. The first-order valence-corrected chi connectivity index (χ1v) is 7.06. The number of rotatable bonds is 6. The predicted molar refractivity (Wildman–Crippen MR) is 77.6 cm³/mol. The molecule has 1 atom stereocenters. The summed E-state index contributed by atoms with van der Waals surface area (Å²) in [6.45, 7) is 0. The fraction of sp³-hybridized carbons (Fsp3) is 0.250. The van der Waals surface area contributed by atoms with Gasteiger partial charge in [-0.15, -0.1) is 0 Å². The lowest BCUT2D eigenvalue weighted by atomic mass is 10.1. The molecule has 0 amide bonds. The molecule has 1 aromatic carbocycles. The van der Waals surface area contributed by atoms with Gasteiger partial charge in [0.15, 0.2) is 5.82 Å². The van der Waals surface area contributed by atoms with Crippen LogP contribution in [0.15, 0.2) is 47.3 Å². The summed E-state index contributed by atoms with van der Waals surface area (Å²) in [7, 11) is 0. The average molecular weight is 301 g/mol. The molecule has 0 spiro atoms. The van der Waals surface area contributed by atoms with Crippen LogP contribution < -0.4 is 0 Å². The van der Waals surface area contributed by atoms with Crippen molar-refractivity contribution in [3.05, 3.63) is 71.5 Å². The number of hydrogen-bond acceptors (Lipinski definition) is 4. The van der Waals surface area contributed by atoms with Crippen LogP contribution in [-0.4, -0.2) is 20.3 Å². The number of aromatic nitrogens is 3. The van der Waals surface area contributed by atoms with E-state index < -0.39 is 6.10 Å². The highest BCUT2D eigenvalue weighted by molar-refractivity contribution is 5.26. The van der Waals surface area contributed by atoms with Crippen molar-refractivity contribution >= 4 is 0 Å². The molecule has 0 aliphatic heterocycles. The molecule has 0 saturated heterocycles. The Morgan fingerprint density at radius 3 is 2.95 bits per heavy atom. The van der Waals surface area contributed by atoms with Crippen LogP contribution in [0.3, 0.4) is 0 Å². The molecule has 114 valence electrons. The highest BCUT2D eigenvalue weighted by Gasteiger charge is 2.13. The zero-order valence-corrected chi connectivity index (χ0v) is 11.9. The Hall–Kier alpha value is -2.47. The summed E-state index contributed by atoms with van der Waals surface area (Å²) in [4.78, 5) is 3.91. The summed E-state index contributed by atoms with van der Waals surface area (Å²) in [6.07, 6.45) is 3.84. The monoisotopic (exact) mass is 301 g/mol. The Morgan fingerprint density at radius 2 is 2.18 bits per heavy atom. The van der Waals surface area contributed by atoms with Crippen LogP contribution in [-0.2, 0) is 12.8 Å². The minimum Gasteiger partial charge on any atom is -0.469 e. The number of aryl methyl sites for hydroxylation is 1. The molecular formula is C16H16FN3O2. The molecule has 2 N–H and O–H groups in total. The van der Waals surface area contributed by atoms with Crippen molar-refractivity contribution in [2.75, 3.05) is 0 Å². The van der Waals surface area contributed by atoms with Gasteiger partial charge >= 0.3 is 0 Å². The summed E-state index contributed by atoms with van der Waals surface area (Å²) in [5, 5.41) is 16.3. The molecule has 5 nitrogen and oxygen atoms in total.